The quantitative estimate of drug-likeness (QED) is 0.394. The molecule has 1 heterocycles. The van der Waals surface area contributed by atoms with E-state index in [0.717, 1.165) is 0 Å². The normalized spacial score (nSPS) is 38.5. The largest absolute Gasteiger partial charge is 0.400 e. The van der Waals surface area contributed by atoms with Gasteiger partial charge < -0.3 is 9.84 Å². The number of rotatable bonds is 0. The standard InChI is InChI=1S/C5H18B7NO2/c1-13-2(6,7)3(8,9)15-4(10,11)5(13,12)14/h14H,6-12H2,1H3. The predicted octanol–water partition coefficient (Wildman–Crippen LogP) is -8.01. The summed E-state index contributed by atoms with van der Waals surface area (Å²) in [4.78, 5) is 2.00. The van der Waals surface area contributed by atoms with E-state index in [1.54, 1.807) is 0 Å². The zero-order chi connectivity index (χ0) is 12.3. The maximum atomic E-state index is 10.5. The van der Waals surface area contributed by atoms with E-state index in [1.807, 2.05) is 35.5 Å². The molecule has 0 aliphatic carbocycles. The van der Waals surface area contributed by atoms with Gasteiger partial charge in [0.15, 0.2) is 7.85 Å². The predicted molar refractivity (Wildman–Crippen MR) is 81.8 cm³/mol. The van der Waals surface area contributed by atoms with Crippen molar-refractivity contribution in [2.45, 2.75) is 21.8 Å². The van der Waals surface area contributed by atoms with Gasteiger partial charge >= 0.3 is 0 Å². The third-order valence-electron chi connectivity index (χ3n) is 4.62. The van der Waals surface area contributed by atoms with Crippen LogP contribution >= 0.6 is 0 Å². The van der Waals surface area contributed by atoms with E-state index in [0.29, 0.717) is 0 Å². The highest BCUT2D eigenvalue weighted by atomic mass is 16.5. The summed E-state index contributed by atoms with van der Waals surface area (Å²) in [5.74, 6) is 0. The molecule has 1 atom stereocenters. The first-order chi connectivity index (χ1) is 6.36. The van der Waals surface area contributed by atoms with Crippen molar-refractivity contribution < 1.29 is 9.84 Å². The van der Waals surface area contributed by atoms with Crippen LogP contribution in [0.4, 0.5) is 0 Å². The molecule has 0 amide bonds. The van der Waals surface area contributed by atoms with E-state index in [2.05, 4.69) is 31.4 Å². The second-order valence-electron chi connectivity index (χ2n) is 6.26. The van der Waals surface area contributed by atoms with Gasteiger partial charge in [0.25, 0.3) is 0 Å². The molecule has 1 aliphatic heterocycles. The smallest absolute Gasteiger partial charge is 0.164 e. The van der Waals surface area contributed by atoms with Gasteiger partial charge in [0.1, 0.15) is 47.1 Å². The van der Waals surface area contributed by atoms with Gasteiger partial charge in [-0.3, -0.25) is 4.90 Å². The lowest BCUT2D eigenvalue weighted by molar-refractivity contribution is -0.207. The van der Waals surface area contributed by atoms with Crippen molar-refractivity contribution in [3.05, 3.63) is 0 Å². The van der Waals surface area contributed by atoms with Crippen LogP contribution in [-0.4, -0.2) is 93.7 Å². The van der Waals surface area contributed by atoms with E-state index in [1.165, 1.54) is 0 Å². The summed E-state index contributed by atoms with van der Waals surface area (Å²) in [7, 11) is 15.9. The van der Waals surface area contributed by atoms with Crippen molar-refractivity contribution in [3.8, 4) is 0 Å². The zero-order valence-electron chi connectivity index (χ0n) is 11.3. The fourth-order valence-corrected chi connectivity index (χ4v) is 2.21. The van der Waals surface area contributed by atoms with Gasteiger partial charge in [-0.15, -0.1) is 0 Å². The Morgan fingerprint density at radius 1 is 0.933 bits per heavy atom. The maximum Gasteiger partial charge on any atom is 0.164 e. The fraction of sp³-hybridized carbons (Fsp3) is 1.00. The molecule has 1 N–H and O–H groups in total. The number of likely N-dealkylation sites (N-methyl/N-ethyl adjacent to an activating group) is 1. The van der Waals surface area contributed by atoms with E-state index in [4.69, 9.17) is 4.74 Å². The van der Waals surface area contributed by atoms with Crippen LogP contribution in [0.3, 0.4) is 0 Å². The average Bonchev–Trinajstić information content (AvgIpc) is 1.98. The van der Waals surface area contributed by atoms with Crippen LogP contribution in [0.15, 0.2) is 0 Å². The molecular formula is C5H18B7NO2. The Bertz CT molecular complexity index is 253. The molecule has 0 spiro atoms. The third-order valence-corrected chi connectivity index (χ3v) is 4.62. The minimum absolute atomic E-state index is 0.216. The lowest BCUT2D eigenvalue weighted by Gasteiger charge is -2.66. The molecule has 0 aromatic heterocycles. The van der Waals surface area contributed by atoms with Gasteiger partial charge in [-0.1, -0.05) is 0 Å². The van der Waals surface area contributed by atoms with Crippen molar-refractivity contribution in [2.24, 2.45) is 0 Å². The molecule has 10 heteroatoms. The van der Waals surface area contributed by atoms with Gasteiger partial charge in [-0.25, -0.2) is 0 Å². The van der Waals surface area contributed by atoms with Crippen molar-refractivity contribution in [2.75, 3.05) is 7.05 Å². The van der Waals surface area contributed by atoms with Crippen LogP contribution in [0.5, 0.6) is 0 Å². The Hall–Kier alpha value is 0.335. The highest BCUT2D eigenvalue weighted by Crippen LogP contribution is 2.38. The number of hydrogen-bond donors (Lipinski definition) is 1. The molecule has 0 aromatic rings. The van der Waals surface area contributed by atoms with Crippen LogP contribution in [-0.2, 0) is 4.74 Å². The SMILES string of the molecule is BC1(B)OC(B)(B)C(B)(O)N(C)C1(B)B. The maximum absolute atomic E-state index is 10.5. The first kappa shape index (κ1) is 13.4. The first-order valence-corrected chi connectivity index (χ1v) is 5.53. The van der Waals surface area contributed by atoms with Gasteiger partial charge in [0.2, 0.25) is 0 Å². The summed E-state index contributed by atoms with van der Waals surface area (Å²) >= 11 is 0. The summed E-state index contributed by atoms with van der Waals surface area (Å²) in [6, 6.07) is 0. The number of nitrogens with zero attached hydrogens (tertiary/aromatic N) is 1. The molecule has 1 fully saturated rings. The molecule has 76 valence electrons. The van der Waals surface area contributed by atoms with Crippen LogP contribution in [0.2, 0.25) is 0 Å². The van der Waals surface area contributed by atoms with Crippen molar-refractivity contribution >= 4 is 54.9 Å². The Labute approximate surface area is 98.9 Å². The average molecular weight is 200 g/mol. The third kappa shape index (κ3) is 1.65. The minimum atomic E-state index is -0.966. The molecule has 0 bridgehead atoms. The Morgan fingerprint density at radius 3 is 1.73 bits per heavy atom. The summed E-state index contributed by atoms with van der Waals surface area (Å²) < 4.78 is 6.07. The number of ether oxygens (including phenoxy) is 1. The molecule has 0 radical (unpaired) electrons. The summed E-state index contributed by atoms with van der Waals surface area (Å²) in [6.07, 6.45) is 0. The van der Waals surface area contributed by atoms with E-state index >= 15 is 0 Å². The summed E-state index contributed by atoms with van der Waals surface area (Å²) in [6.45, 7) is 0. The van der Waals surface area contributed by atoms with Gasteiger partial charge in [-0.2, -0.15) is 0 Å². The topological polar surface area (TPSA) is 32.7 Å². The Kier molecular flexibility index (Phi) is 2.84. The van der Waals surface area contributed by atoms with E-state index in [9.17, 15) is 5.11 Å². The lowest BCUT2D eigenvalue weighted by Crippen LogP contribution is -2.84. The zero-order valence-corrected chi connectivity index (χ0v) is 11.3. The highest BCUT2D eigenvalue weighted by Gasteiger charge is 2.58. The molecule has 15 heavy (non-hydrogen) atoms. The van der Waals surface area contributed by atoms with Crippen LogP contribution in [0.25, 0.3) is 0 Å². The van der Waals surface area contributed by atoms with Crippen molar-refractivity contribution in [3.63, 3.8) is 0 Å². The van der Waals surface area contributed by atoms with Gasteiger partial charge in [0.05, 0.1) is 5.62 Å². The summed E-state index contributed by atoms with van der Waals surface area (Å²) in [5.41, 5.74) is -0.966. The van der Waals surface area contributed by atoms with Crippen LogP contribution < -0.4 is 0 Å². The fourth-order valence-electron chi connectivity index (χ4n) is 2.21. The molecule has 3 nitrogen and oxygen atoms in total. The molecule has 0 aromatic carbocycles. The molecule has 0 saturated carbocycles. The molecule has 1 saturated heterocycles. The number of morpholine rings is 1. The van der Waals surface area contributed by atoms with E-state index < -0.39 is 11.0 Å². The van der Waals surface area contributed by atoms with Gasteiger partial charge in [-0.05, 0) is 12.4 Å². The van der Waals surface area contributed by atoms with Gasteiger partial charge in [0, 0.05) is 10.8 Å². The minimum Gasteiger partial charge on any atom is -0.400 e. The van der Waals surface area contributed by atoms with Crippen LogP contribution in [0.1, 0.15) is 0 Å². The molecule has 1 aliphatic rings. The Balaban J connectivity index is 3.24. The number of hydrogen-bond acceptors (Lipinski definition) is 3. The highest BCUT2D eigenvalue weighted by molar-refractivity contribution is 6.55. The number of aliphatic hydroxyl groups is 1. The van der Waals surface area contributed by atoms with Crippen molar-refractivity contribution in [1.82, 2.24) is 4.90 Å². The van der Waals surface area contributed by atoms with Crippen molar-refractivity contribution in [1.29, 1.82) is 0 Å². The molecular weight excluding hydrogens is 182 g/mol. The van der Waals surface area contributed by atoms with E-state index in [-0.39, 0.29) is 10.7 Å². The first-order valence-electron chi connectivity index (χ1n) is 5.53. The summed E-state index contributed by atoms with van der Waals surface area (Å²) in [5, 5.41) is 9.44. The Morgan fingerprint density at radius 2 is 1.33 bits per heavy atom. The molecule has 1 rings (SSSR count). The second kappa shape index (κ2) is 3.17. The monoisotopic (exact) mass is 201 g/mol. The van der Waals surface area contributed by atoms with Crippen LogP contribution in [0, 0.1) is 0 Å². The molecule has 1 unspecified atom stereocenters. The second-order valence-corrected chi connectivity index (χ2v) is 6.26. The lowest BCUT2D eigenvalue weighted by atomic mass is 9.35.